The molecule has 1 aliphatic carbocycles. The highest BCUT2D eigenvalue weighted by atomic mass is 35.5. The molecular weight excluding hydrogens is 377 g/mol. The van der Waals surface area contributed by atoms with Crippen molar-refractivity contribution in [2.24, 2.45) is 0 Å². The molecule has 1 saturated carbocycles. The Balaban J connectivity index is 1.66. The van der Waals surface area contributed by atoms with E-state index in [0.717, 1.165) is 24.1 Å². The van der Waals surface area contributed by atoms with Crippen LogP contribution in [0.1, 0.15) is 32.1 Å². The third-order valence-electron chi connectivity index (χ3n) is 4.83. The minimum absolute atomic E-state index is 0.297. The van der Waals surface area contributed by atoms with Crippen LogP contribution in [0.3, 0.4) is 0 Å². The minimum atomic E-state index is -0.379. The second kappa shape index (κ2) is 8.52. The third kappa shape index (κ3) is 4.57. The van der Waals surface area contributed by atoms with E-state index in [-0.39, 0.29) is 5.82 Å². The lowest BCUT2D eigenvalue weighted by Gasteiger charge is -2.23. The maximum Gasteiger partial charge on any atom is 0.225 e. The van der Waals surface area contributed by atoms with Crippen LogP contribution >= 0.6 is 11.6 Å². The molecule has 1 aromatic carbocycles. The first-order valence-electron chi connectivity index (χ1n) is 9.45. The molecule has 1 aliphatic rings. The van der Waals surface area contributed by atoms with Gasteiger partial charge in [-0.1, -0.05) is 30.9 Å². The Morgan fingerprint density at radius 3 is 2.50 bits per heavy atom. The molecule has 2 heterocycles. The summed E-state index contributed by atoms with van der Waals surface area (Å²) in [5, 5.41) is 6.95. The quantitative estimate of drug-likeness (QED) is 0.568. The molecule has 0 radical (unpaired) electrons. The standard InChI is InChI=1S/C21H21ClFN5/c22-17-12-15(23)6-7-18(17)26-20-13-19(14-8-10-24-11-9-14)27-21(28-20)25-16-4-2-1-3-5-16/h6-13,16H,1-5H2,(H2,25,26,27,28). The van der Waals surface area contributed by atoms with Crippen LogP contribution in [0.2, 0.25) is 5.02 Å². The molecule has 0 unspecified atom stereocenters. The number of nitrogens with one attached hydrogen (secondary N) is 2. The van der Waals surface area contributed by atoms with Gasteiger partial charge in [-0.25, -0.2) is 9.37 Å². The van der Waals surface area contributed by atoms with Gasteiger partial charge in [-0.05, 0) is 43.2 Å². The topological polar surface area (TPSA) is 62.7 Å². The molecule has 1 fully saturated rings. The fraction of sp³-hybridized carbons (Fsp3) is 0.286. The van der Waals surface area contributed by atoms with Crippen molar-refractivity contribution in [3.05, 3.63) is 59.6 Å². The number of hydrogen-bond acceptors (Lipinski definition) is 5. The van der Waals surface area contributed by atoms with Crippen molar-refractivity contribution < 1.29 is 4.39 Å². The van der Waals surface area contributed by atoms with Crippen molar-refractivity contribution in [2.45, 2.75) is 38.1 Å². The molecule has 0 spiro atoms. The molecule has 28 heavy (non-hydrogen) atoms. The molecule has 3 aromatic rings. The molecule has 144 valence electrons. The van der Waals surface area contributed by atoms with Gasteiger partial charge in [-0.2, -0.15) is 4.98 Å². The first-order valence-corrected chi connectivity index (χ1v) is 9.83. The van der Waals surface area contributed by atoms with Crippen molar-refractivity contribution in [3.63, 3.8) is 0 Å². The predicted molar refractivity (Wildman–Crippen MR) is 110 cm³/mol. The van der Waals surface area contributed by atoms with Crippen LogP contribution in [0.5, 0.6) is 0 Å². The summed E-state index contributed by atoms with van der Waals surface area (Å²) in [6, 6.07) is 10.3. The van der Waals surface area contributed by atoms with Crippen LogP contribution in [0.4, 0.5) is 21.8 Å². The van der Waals surface area contributed by atoms with E-state index in [1.807, 2.05) is 18.2 Å². The summed E-state index contributed by atoms with van der Waals surface area (Å²) in [6.45, 7) is 0. The van der Waals surface area contributed by atoms with Crippen LogP contribution in [0, 0.1) is 5.82 Å². The van der Waals surface area contributed by atoms with Gasteiger partial charge in [0.2, 0.25) is 5.95 Å². The fourth-order valence-electron chi connectivity index (χ4n) is 3.40. The number of benzene rings is 1. The van der Waals surface area contributed by atoms with E-state index in [2.05, 4.69) is 20.6 Å². The SMILES string of the molecule is Fc1ccc(Nc2cc(-c3ccncc3)nc(NC3CCCCC3)n2)c(Cl)c1. The highest BCUT2D eigenvalue weighted by Gasteiger charge is 2.16. The normalized spacial score (nSPS) is 14.6. The lowest BCUT2D eigenvalue weighted by Crippen LogP contribution is -2.23. The van der Waals surface area contributed by atoms with Crippen LogP contribution in [-0.2, 0) is 0 Å². The van der Waals surface area contributed by atoms with Gasteiger partial charge in [-0.15, -0.1) is 0 Å². The monoisotopic (exact) mass is 397 g/mol. The van der Waals surface area contributed by atoms with E-state index in [0.29, 0.717) is 28.5 Å². The average Bonchev–Trinajstić information content (AvgIpc) is 2.71. The largest absolute Gasteiger partial charge is 0.351 e. The molecular formula is C21H21ClFN5. The molecule has 2 N–H and O–H groups in total. The van der Waals surface area contributed by atoms with Gasteiger partial charge in [-0.3, -0.25) is 4.98 Å². The molecule has 4 rings (SSSR count). The number of pyridine rings is 1. The highest BCUT2D eigenvalue weighted by Crippen LogP contribution is 2.29. The lowest BCUT2D eigenvalue weighted by atomic mass is 9.96. The molecule has 5 nitrogen and oxygen atoms in total. The summed E-state index contributed by atoms with van der Waals surface area (Å²) in [7, 11) is 0. The van der Waals surface area contributed by atoms with Gasteiger partial charge in [0.05, 0.1) is 16.4 Å². The third-order valence-corrected chi connectivity index (χ3v) is 5.15. The van der Waals surface area contributed by atoms with Crippen LogP contribution in [0.25, 0.3) is 11.3 Å². The molecule has 0 saturated heterocycles. The summed E-state index contributed by atoms with van der Waals surface area (Å²) < 4.78 is 13.3. The Labute approximate surface area is 168 Å². The Morgan fingerprint density at radius 2 is 1.75 bits per heavy atom. The van der Waals surface area contributed by atoms with Crippen molar-refractivity contribution >= 4 is 29.1 Å². The Hall–Kier alpha value is -2.73. The molecule has 0 bridgehead atoms. The number of aromatic nitrogens is 3. The van der Waals surface area contributed by atoms with E-state index in [1.54, 1.807) is 18.5 Å². The second-order valence-electron chi connectivity index (χ2n) is 6.93. The van der Waals surface area contributed by atoms with Crippen molar-refractivity contribution in [3.8, 4) is 11.3 Å². The zero-order valence-electron chi connectivity index (χ0n) is 15.3. The zero-order chi connectivity index (χ0) is 19.3. The van der Waals surface area contributed by atoms with E-state index >= 15 is 0 Å². The van der Waals surface area contributed by atoms with E-state index in [1.165, 1.54) is 31.4 Å². The summed E-state index contributed by atoms with van der Waals surface area (Å²) in [4.78, 5) is 13.4. The Morgan fingerprint density at radius 1 is 0.964 bits per heavy atom. The van der Waals surface area contributed by atoms with Gasteiger partial charge in [0.25, 0.3) is 0 Å². The Kier molecular flexibility index (Phi) is 5.67. The number of hydrogen-bond donors (Lipinski definition) is 2. The predicted octanol–water partition coefficient (Wildman–Crippen LogP) is 5.82. The van der Waals surface area contributed by atoms with Gasteiger partial charge in [0.1, 0.15) is 11.6 Å². The Bertz CT molecular complexity index is 945. The van der Waals surface area contributed by atoms with E-state index in [4.69, 9.17) is 16.6 Å². The smallest absolute Gasteiger partial charge is 0.225 e. The summed E-state index contributed by atoms with van der Waals surface area (Å²) in [5.74, 6) is 0.783. The molecule has 2 aromatic heterocycles. The maximum atomic E-state index is 13.3. The lowest BCUT2D eigenvalue weighted by molar-refractivity contribution is 0.461. The first-order chi connectivity index (χ1) is 13.7. The van der Waals surface area contributed by atoms with Crippen molar-refractivity contribution in [1.82, 2.24) is 15.0 Å². The average molecular weight is 398 g/mol. The van der Waals surface area contributed by atoms with Gasteiger partial charge in [0.15, 0.2) is 0 Å². The van der Waals surface area contributed by atoms with Crippen LogP contribution in [-0.4, -0.2) is 21.0 Å². The summed E-state index contributed by atoms with van der Waals surface area (Å²) in [5.41, 5.74) is 2.31. The number of halogens is 2. The van der Waals surface area contributed by atoms with E-state index in [9.17, 15) is 4.39 Å². The highest BCUT2D eigenvalue weighted by molar-refractivity contribution is 6.33. The number of rotatable bonds is 5. The molecule has 7 heteroatoms. The zero-order valence-corrected chi connectivity index (χ0v) is 16.1. The maximum absolute atomic E-state index is 13.3. The fourth-order valence-corrected chi connectivity index (χ4v) is 3.62. The second-order valence-corrected chi connectivity index (χ2v) is 7.33. The molecule has 0 aliphatic heterocycles. The van der Waals surface area contributed by atoms with Gasteiger partial charge < -0.3 is 10.6 Å². The summed E-state index contributed by atoms with van der Waals surface area (Å²) in [6.07, 6.45) is 9.43. The van der Waals surface area contributed by atoms with Gasteiger partial charge in [0, 0.05) is 30.1 Å². The first kappa shape index (κ1) is 18.6. The van der Waals surface area contributed by atoms with Gasteiger partial charge >= 0.3 is 0 Å². The number of nitrogens with zero attached hydrogens (tertiary/aromatic N) is 3. The summed E-state index contributed by atoms with van der Waals surface area (Å²) >= 11 is 6.16. The molecule has 0 atom stereocenters. The molecule has 0 amide bonds. The number of anilines is 3. The van der Waals surface area contributed by atoms with Crippen molar-refractivity contribution in [1.29, 1.82) is 0 Å². The van der Waals surface area contributed by atoms with Crippen LogP contribution < -0.4 is 10.6 Å². The van der Waals surface area contributed by atoms with E-state index < -0.39 is 0 Å². The van der Waals surface area contributed by atoms with Crippen molar-refractivity contribution in [2.75, 3.05) is 10.6 Å². The van der Waals surface area contributed by atoms with Crippen LogP contribution in [0.15, 0.2) is 48.8 Å². The minimum Gasteiger partial charge on any atom is -0.351 e.